The number of carbonyl (C=O) groups is 1. The van der Waals surface area contributed by atoms with Crippen LogP contribution in [0.2, 0.25) is 0 Å². The summed E-state index contributed by atoms with van der Waals surface area (Å²) in [7, 11) is 0. The highest BCUT2D eigenvalue weighted by atomic mass is 16.4. The van der Waals surface area contributed by atoms with E-state index in [1.54, 1.807) is 0 Å². The van der Waals surface area contributed by atoms with Gasteiger partial charge in [-0.25, -0.2) is 0 Å². The molecule has 1 rings (SSSR count). The van der Waals surface area contributed by atoms with Gasteiger partial charge in [0.1, 0.15) is 0 Å². The molecule has 3 heteroatoms. The van der Waals surface area contributed by atoms with Crippen molar-refractivity contribution >= 4 is 5.97 Å². The van der Waals surface area contributed by atoms with Crippen LogP contribution in [0.4, 0.5) is 0 Å². The van der Waals surface area contributed by atoms with Crippen molar-refractivity contribution in [3.8, 4) is 12.3 Å². The van der Waals surface area contributed by atoms with E-state index >= 15 is 0 Å². The van der Waals surface area contributed by atoms with Crippen molar-refractivity contribution in [1.82, 2.24) is 5.32 Å². The Morgan fingerprint density at radius 1 is 1.75 bits per heavy atom. The molecular formula is C9H13NO2. The molecule has 1 aliphatic rings. The second-order valence-electron chi connectivity index (χ2n) is 3.18. The molecule has 0 amide bonds. The van der Waals surface area contributed by atoms with Crippen molar-refractivity contribution in [2.45, 2.75) is 31.8 Å². The molecule has 0 bridgehead atoms. The molecule has 0 aromatic heterocycles. The highest BCUT2D eigenvalue weighted by Crippen LogP contribution is 2.27. The van der Waals surface area contributed by atoms with Gasteiger partial charge in [0, 0.05) is 6.04 Å². The van der Waals surface area contributed by atoms with Gasteiger partial charge in [0.25, 0.3) is 0 Å². The van der Waals surface area contributed by atoms with Crippen LogP contribution >= 0.6 is 0 Å². The van der Waals surface area contributed by atoms with Crippen molar-refractivity contribution in [3.63, 3.8) is 0 Å². The predicted octanol–water partition coefficient (Wildman–Crippen LogP) is 0.461. The molecule has 1 aliphatic carbocycles. The number of terminal acetylenes is 1. The van der Waals surface area contributed by atoms with Gasteiger partial charge in [-0.15, -0.1) is 6.42 Å². The molecule has 0 heterocycles. The lowest BCUT2D eigenvalue weighted by Crippen LogP contribution is -2.50. The molecule has 3 nitrogen and oxygen atoms in total. The maximum Gasteiger partial charge on any atom is 0.308 e. The van der Waals surface area contributed by atoms with Gasteiger partial charge >= 0.3 is 5.97 Å². The largest absolute Gasteiger partial charge is 0.481 e. The SMILES string of the molecule is C#CC(C)NC1CCC1C(=O)O. The minimum absolute atomic E-state index is 0.0304. The normalized spacial score (nSPS) is 30.0. The first kappa shape index (κ1) is 9.08. The molecule has 0 spiro atoms. The Kier molecular flexibility index (Phi) is 2.72. The summed E-state index contributed by atoms with van der Waals surface area (Å²) in [6.07, 6.45) is 6.85. The van der Waals surface area contributed by atoms with Crippen molar-refractivity contribution in [3.05, 3.63) is 0 Å². The van der Waals surface area contributed by atoms with E-state index in [1.165, 1.54) is 0 Å². The molecular weight excluding hydrogens is 154 g/mol. The van der Waals surface area contributed by atoms with Crippen molar-refractivity contribution in [2.24, 2.45) is 5.92 Å². The zero-order valence-electron chi connectivity index (χ0n) is 7.08. The van der Waals surface area contributed by atoms with E-state index in [1.807, 2.05) is 6.92 Å². The summed E-state index contributed by atoms with van der Waals surface area (Å²) in [4.78, 5) is 10.6. The average molecular weight is 167 g/mol. The summed E-state index contributed by atoms with van der Waals surface area (Å²) in [5, 5.41) is 11.8. The maximum absolute atomic E-state index is 10.6. The molecule has 2 N–H and O–H groups in total. The zero-order valence-corrected chi connectivity index (χ0v) is 7.08. The number of carboxylic acid groups (broad SMARTS) is 1. The highest BCUT2D eigenvalue weighted by Gasteiger charge is 2.36. The number of hydrogen-bond donors (Lipinski definition) is 2. The number of rotatable bonds is 3. The molecule has 3 unspecified atom stereocenters. The molecule has 3 atom stereocenters. The van der Waals surface area contributed by atoms with Crippen LogP contribution in [0.3, 0.4) is 0 Å². The molecule has 0 radical (unpaired) electrons. The van der Waals surface area contributed by atoms with Gasteiger partial charge in [0.15, 0.2) is 0 Å². The van der Waals surface area contributed by atoms with E-state index in [9.17, 15) is 4.79 Å². The summed E-state index contributed by atoms with van der Waals surface area (Å²) in [5.74, 6) is 1.56. The van der Waals surface area contributed by atoms with Crippen molar-refractivity contribution in [1.29, 1.82) is 0 Å². The standard InChI is InChI=1S/C9H13NO2/c1-3-6(2)10-8-5-4-7(8)9(11)12/h1,6-8,10H,4-5H2,2H3,(H,11,12). The van der Waals surface area contributed by atoms with Gasteiger partial charge in [-0.05, 0) is 19.8 Å². The fourth-order valence-electron chi connectivity index (χ4n) is 1.36. The van der Waals surface area contributed by atoms with Crippen LogP contribution < -0.4 is 5.32 Å². The number of hydrogen-bond acceptors (Lipinski definition) is 2. The van der Waals surface area contributed by atoms with Crippen LogP contribution in [-0.2, 0) is 4.79 Å². The first-order valence-corrected chi connectivity index (χ1v) is 4.10. The molecule has 12 heavy (non-hydrogen) atoms. The van der Waals surface area contributed by atoms with E-state index in [-0.39, 0.29) is 18.0 Å². The summed E-state index contributed by atoms with van der Waals surface area (Å²) in [5.41, 5.74) is 0. The third kappa shape index (κ3) is 1.77. The number of carboxylic acids is 1. The Hall–Kier alpha value is -1.01. The third-order valence-electron chi connectivity index (χ3n) is 2.31. The van der Waals surface area contributed by atoms with Crippen molar-refractivity contribution in [2.75, 3.05) is 0 Å². The van der Waals surface area contributed by atoms with Crippen LogP contribution in [0.15, 0.2) is 0 Å². The Balaban J connectivity index is 2.36. The lowest BCUT2D eigenvalue weighted by Gasteiger charge is -2.35. The van der Waals surface area contributed by atoms with E-state index in [4.69, 9.17) is 11.5 Å². The van der Waals surface area contributed by atoms with Crippen molar-refractivity contribution < 1.29 is 9.90 Å². The van der Waals surface area contributed by atoms with Crippen LogP contribution in [-0.4, -0.2) is 23.2 Å². The van der Waals surface area contributed by atoms with Crippen LogP contribution in [0, 0.1) is 18.3 Å². The average Bonchev–Trinajstić information content (AvgIpc) is 1.96. The maximum atomic E-state index is 10.6. The second-order valence-corrected chi connectivity index (χ2v) is 3.18. The third-order valence-corrected chi connectivity index (χ3v) is 2.31. The van der Waals surface area contributed by atoms with E-state index < -0.39 is 5.97 Å². The fourth-order valence-corrected chi connectivity index (χ4v) is 1.36. The summed E-state index contributed by atoms with van der Waals surface area (Å²) in [6, 6.07) is 0.0469. The topological polar surface area (TPSA) is 49.3 Å². The van der Waals surface area contributed by atoms with E-state index in [0.29, 0.717) is 0 Å². The van der Waals surface area contributed by atoms with Gasteiger partial charge in [-0.2, -0.15) is 0 Å². The minimum atomic E-state index is -0.719. The molecule has 66 valence electrons. The van der Waals surface area contributed by atoms with Gasteiger partial charge in [-0.1, -0.05) is 5.92 Å². The zero-order chi connectivity index (χ0) is 9.14. The Labute approximate surface area is 72.2 Å². The van der Waals surface area contributed by atoms with E-state index in [0.717, 1.165) is 12.8 Å². The minimum Gasteiger partial charge on any atom is -0.481 e. The Morgan fingerprint density at radius 3 is 2.75 bits per heavy atom. The monoisotopic (exact) mass is 167 g/mol. The van der Waals surface area contributed by atoms with Crippen LogP contribution in [0.5, 0.6) is 0 Å². The molecule has 0 aliphatic heterocycles. The highest BCUT2D eigenvalue weighted by molar-refractivity contribution is 5.72. The van der Waals surface area contributed by atoms with E-state index in [2.05, 4.69) is 11.2 Å². The molecule has 1 fully saturated rings. The van der Waals surface area contributed by atoms with Gasteiger partial charge in [-0.3, -0.25) is 4.79 Å². The van der Waals surface area contributed by atoms with Gasteiger partial charge in [0.05, 0.1) is 12.0 Å². The summed E-state index contributed by atoms with van der Waals surface area (Å²) >= 11 is 0. The lowest BCUT2D eigenvalue weighted by atomic mass is 9.79. The van der Waals surface area contributed by atoms with Gasteiger partial charge in [0.2, 0.25) is 0 Å². The molecule has 0 saturated heterocycles. The quantitative estimate of drug-likeness (QED) is 0.600. The van der Waals surface area contributed by atoms with Crippen LogP contribution in [0.25, 0.3) is 0 Å². The molecule has 0 aromatic rings. The summed E-state index contributed by atoms with van der Waals surface area (Å²) < 4.78 is 0. The Morgan fingerprint density at radius 2 is 2.42 bits per heavy atom. The Bertz CT molecular complexity index is 219. The first-order valence-electron chi connectivity index (χ1n) is 4.10. The lowest BCUT2D eigenvalue weighted by molar-refractivity contribution is -0.146. The molecule has 1 saturated carbocycles. The predicted molar refractivity (Wildman–Crippen MR) is 45.6 cm³/mol. The summed E-state index contributed by atoms with van der Waals surface area (Å²) in [6.45, 7) is 1.86. The fraction of sp³-hybridized carbons (Fsp3) is 0.667. The number of nitrogens with one attached hydrogen (secondary N) is 1. The van der Waals surface area contributed by atoms with Crippen LogP contribution in [0.1, 0.15) is 19.8 Å². The smallest absolute Gasteiger partial charge is 0.308 e. The second kappa shape index (κ2) is 3.59. The van der Waals surface area contributed by atoms with Gasteiger partial charge < -0.3 is 10.4 Å². The first-order chi connectivity index (χ1) is 5.65. The number of aliphatic carboxylic acids is 1. The molecule has 0 aromatic carbocycles.